The van der Waals surface area contributed by atoms with Gasteiger partial charge in [-0.3, -0.25) is 9.59 Å². The molecule has 0 aliphatic carbocycles. The van der Waals surface area contributed by atoms with Crippen molar-refractivity contribution in [3.8, 4) is 0 Å². The standard InChI is InChI=1S/C23H23N3O4S/c1-17(27)24-20-12-14-21(15-13-20)25-23(28)19-10-8-18(9-11-19)16-26(2)31(29,30)22-6-4-3-5-7-22/h3-15H,16H2,1-2H3,(H,24,27)(H,25,28). The lowest BCUT2D eigenvalue weighted by Crippen LogP contribution is -2.26. The van der Waals surface area contributed by atoms with Gasteiger partial charge in [-0.2, -0.15) is 4.31 Å². The van der Waals surface area contributed by atoms with E-state index in [0.29, 0.717) is 16.9 Å². The molecule has 2 N–H and O–H groups in total. The zero-order valence-electron chi connectivity index (χ0n) is 17.2. The molecule has 0 saturated carbocycles. The highest BCUT2D eigenvalue weighted by Crippen LogP contribution is 2.18. The van der Waals surface area contributed by atoms with Crippen molar-refractivity contribution < 1.29 is 18.0 Å². The van der Waals surface area contributed by atoms with Gasteiger partial charge >= 0.3 is 0 Å². The van der Waals surface area contributed by atoms with E-state index in [1.807, 2.05) is 0 Å². The van der Waals surface area contributed by atoms with Crippen LogP contribution in [0.3, 0.4) is 0 Å². The van der Waals surface area contributed by atoms with E-state index in [9.17, 15) is 18.0 Å². The number of sulfonamides is 1. The third kappa shape index (κ3) is 5.78. The smallest absolute Gasteiger partial charge is 0.255 e. The molecule has 0 atom stereocenters. The second kappa shape index (κ2) is 9.55. The first kappa shape index (κ1) is 22.2. The SMILES string of the molecule is CC(=O)Nc1ccc(NC(=O)c2ccc(CN(C)S(=O)(=O)c3ccccc3)cc2)cc1. The van der Waals surface area contributed by atoms with Gasteiger partial charge in [0.2, 0.25) is 15.9 Å². The summed E-state index contributed by atoms with van der Waals surface area (Å²) in [6.45, 7) is 1.61. The number of anilines is 2. The Labute approximate surface area is 181 Å². The average Bonchev–Trinajstić information content (AvgIpc) is 2.76. The van der Waals surface area contributed by atoms with E-state index >= 15 is 0 Å². The van der Waals surface area contributed by atoms with Crippen molar-refractivity contribution in [1.29, 1.82) is 0 Å². The highest BCUT2D eigenvalue weighted by atomic mass is 32.2. The quantitative estimate of drug-likeness (QED) is 0.589. The lowest BCUT2D eigenvalue weighted by atomic mass is 10.1. The van der Waals surface area contributed by atoms with E-state index in [2.05, 4.69) is 10.6 Å². The molecule has 160 valence electrons. The number of carbonyl (C=O) groups is 2. The van der Waals surface area contributed by atoms with Crippen molar-refractivity contribution >= 4 is 33.2 Å². The molecule has 3 aromatic rings. The van der Waals surface area contributed by atoms with Crippen LogP contribution in [0.1, 0.15) is 22.8 Å². The van der Waals surface area contributed by atoms with Crippen LogP contribution in [-0.2, 0) is 21.4 Å². The third-order valence-electron chi connectivity index (χ3n) is 4.54. The van der Waals surface area contributed by atoms with Gasteiger partial charge in [-0.15, -0.1) is 0 Å². The van der Waals surface area contributed by atoms with Gasteiger partial charge in [-0.05, 0) is 54.1 Å². The number of benzene rings is 3. The second-order valence-electron chi connectivity index (χ2n) is 6.98. The third-order valence-corrected chi connectivity index (χ3v) is 6.35. The fraction of sp³-hybridized carbons (Fsp3) is 0.130. The molecule has 31 heavy (non-hydrogen) atoms. The first-order valence-electron chi connectivity index (χ1n) is 9.55. The number of amides is 2. The van der Waals surface area contributed by atoms with Gasteiger partial charge < -0.3 is 10.6 Å². The van der Waals surface area contributed by atoms with Crippen LogP contribution in [-0.4, -0.2) is 31.6 Å². The Bertz CT molecular complexity index is 1160. The van der Waals surface area contributed by atoms with Gasteiger partial charge in [0.25, 0.3) is 5.91 Å². The van der Waals surface area contributed by atoms with Crippen LogP contribution in [0.5, 0.6) is 0 Å². The Hall–Kier alpha value is -3.49. The highest BCUT2D eigenvalue weighted by Gasteiger charge is 2.20. The van der Waals surface area contributed by atoms with Gasteiger partial charge in [0.15, 0.2) is 0 Å². The van der Waals surface area contributed by atoms with Crippen LogP contribution in [0.4, 0.5) is 11.4 Å². The molecule has 2 amide bonds. The molecule has 0 fully saturated rings. The number of nitrogens with one attached hydrogen (secondary N) is 2. The number of hydrogen-bond acceptors (Lipinski definition) is 4. The second-order valence-corrected chi connectivity index (χ2v) is 9.03. The van der Waals surface area contributed by atoms with Crippen LogP contribution in [0.25, 0.3) is 0 Å². The molecule has 0 spiro atoms. The molecular weight excluding hydrogens is 414 g/mol. The predicted octanol–water partition coefficient (Wildman–Crippen LogP) is 3.72. The zero-order chi connectivity index (χ0) is 22.4. The van der Waals surface area contributed by atoms with Crippen molar-refractivity contribution in [2.24, 2.45) is 0 Å². The molecule has 0 heterocycles. The summed E-state index contributed by atoms with van der Waals surface area (Å²) in [7, 11) is -2.07. The van der Waals surface area contributed by atoms with Gasteiger partial charge in [0.1, 0.15) is 0 Å². The topological polar surface area (TPSA) is 95.6 Å². The molecule has 0 unspecified atom stereocenters. The number of nitrogens with zero attached hydrogens (tertiary/aromatic N) is 1. The summed E-state index contributed by atoms with van der Waals surface area (Å²) in [5, 5.41) is 5.45. The molecule has 0 aromatic heterocycles. The predicted molar refractivity (Wildman–Crippen MR) is 120 cm³/mol. The maximum absolute atomic E-state index is 12.6. The first-order chi connectivity index (χ1) is 14.8. The number of carbonyl (C=O) groups excluding carboxylic acids is 2. The summed E-state index contributed by atoms with van der Waals surface area (Å²) in [4.78, 5) is 23.8. The Morgan fingerprint density at radius 2 is 1.35 bits per heavy atom. The molecular formula is C23H23N3O4S. The minimum absolute atomic E-state index is 0.168. The van der Waals surface area contributed by atoms with Gasteiger partial charge in [0.05, 0.1) is 4.90 Å². The van der Waals surface area contributed by atoms with Crippen LogP contribution in [0.2, 0.25) is 0 Å². The summed E-state index contributed by atoms with van der Waals surface area (Å²) < 4.78 is 26.5. The molecule has 0 radical (unpaired) electrons. The summed E-state index contributed by atoms with van der Waals surface area (Å²) in [5.74, 6) is -0.455. The van der Waals surface area contributed by atoms with E-state index < -0.39 is 10.0 Å². The van der Waals surface area contributed by atoms with Crippen LogP contribution >= 0.6 is 0 Å². The molecule has 7 nitrogen and oxygen atoms in total. The fourth-order valence-corrected chi connectivity index (χ4v) is 4.10. The molecule has 8 heteroatoms. The van der Waals surface area contributed by atoms with Gasteiger partial charge in [0, 0.05) is 37.5 Å². The number of hydrogen-bond donors (Lipinski definition) is 2. The van der Waals surface area contributed by atoms with E-state index in [4.69, 9.17) is 0 Å². The maximum atomic E-state index is 12.6. The van der Waals surface area contributed by atoms with Crippen molar-refractivity contribution in [1.82, 2.24) is 4.31 Å². The minimum atomic E-state index is -3.59. The van der Waals surface area contributed by atoms with Gasteiger partial charge in [-0.25, -0.2) is 8.42 Å². The van der Waals surface area contributed by atoms with Crippen LogP contribution in [0, 0.1) is 0 Å². The highest BCUT2D eigenvalue weighted by molar-refractivity contribution is 7.89. The van der Waals surface area contributed by atoms with Crippen molar-refractivity contribution in [2.45, 2.75) is 18.4 Å². The zero-order valence-corrected chi connectivity index (χ0v) is 18.0. The summed E-state index contributed by atoms with van der Waals surface area (Å²) >= 11 is 0. The molecule has 0 aliphatic heterocycles. The lowest BCUT2D eigenvalue weighted by molar-refractivity contribution is -0.114. The van der Waals surface area contributed by atoms with Crippen LogP contribution in [0.15, 0.2) is 83.8 Å². The van der Waals surface area contributed by atoms with Crippen LogP contribution < -0.4 is 10.6 Å². The molecule has 0 bridgehead atoms. The van der Waals surface area contributed by atoms with Crippen molar-refractivity contribution in [2.75, 3.05) is 17.7 Å². The molecule has 0 aliphatic rings. The van der Waals surface area contributed by atoms with E-state index in [1.165, 1.54) is 18.3 Å². The largest absolute Gasteiger partial charge is 0.326 e. The Morgan fingerprint density at radius 3 is 1.90 bits per heavy atom. The molecule has 3 aromatic carbocycles. The van der Waals surface area contributed by atoms with E-state index in [-0.39, 0.29) is 23.3 Å². The fourth-order valence-electron chi connectivity index (χ4n) is 2.92. The Morgan fingerprint density at radius 1 is 0.806 bits per heavy atom. The van der Waals surface area contributed by atoms with Crippen molar-refractivity contribution in [3.63, 3.8) is 0 Å². The lowest BCUT2D eigenvalue weighted by Gasteiger charge is -2.17. The normalized spacial score (nSPS) is 11.2. The minimum Gasteiger partial charge on any atom is -0.326 e. The maximum Gasteiger partial charge on any atom is 0.255 e. The summed E-state index contributed by atoms with van der Waals surface area (Å²) in [6, 6.07) is 21.8. The van der Waals surface area contributed by atoms with E-state index in [0.717, 1.165) is 5.56 Å². The summed E-state index contributed by atoms with van der Waals surface area (Å²) in [6.07, 6.45) is 0. The van der Waals surface area contributed by atoms with Crippen molar-refractivity contribution in [3.05, 3.63) is 90.0 Å². The average molecular weight is 438 g/mol. The molecule has 0 saturated heterocycles. The van der Waals surface area contributed by atoms with E-state index in [1.54, 1.807) is 78.9 Å². The Kier molecular flexibility index (Phi) is 6.84. The Balaban J connectivity index is 1.63. The van der Waals surface area contributed by atoms with Gasteiger partial charge in [-0.1, -0.05) is 30.3 Å². The number of rotatable bonds is 7. The molecule has 3 rings (SSSR count). The monoisotopic (exact) mass is 437 g/mol. The summed E-state index contributed by atoms with van der Waals surface area (Å²) in [5.41, 5.74) is 2.45. The first-order valence-corrected chi connectivity index (χ1v) is 11.0.